The number of rotatable bonds is 8. The van der Waals surface area contributed by atoms with Crippen molar-refractivity contribution in [2.75, 3.05) is 5.73 Å². The molecule has 0 amide bonds. The number of ether oxygens (including phenoxy) is 1. The first-order chi connectivity index (χ1) is 17.2. The van der Waals surface area contributed by atoms with Gasteiger partial charge in [-0.2, -0.15) is 0 Å². The van der Waals surface area contributed by atoms with E-state index in [1.807, 2.05) is 60.7 Å². The molecule has 4 aromatic rings. The van der Waals surface area contributed by atoms with Crippen LogP contribution in [0.4, 0.5) is 5.69 Å². The van der Waals surface area contributed by atoms with Crippen molar-refractivity contribution in [2.45, 2.75) is 29.7 Å². The summed E-state index contributed by atoms with van der Waals surface area (Å²) in [7, 11) is -4.25. The topological polar surface area (TPSA) is 107 Å². The van der Waals surface area contributed by atoms with Crippen molar-refractivity contribution in [1.82, 2.24) is 0 Å². The molecule has 0 aliphatic carbocycles. The van der Waals surface area contributed by atoms with Crippen molar-refractivity contribution in [3.8, 4) is 5.75 Å². The Labute approximate surface area is 218 Å². The number of carbonyl (C=O) groups is 1. The molecule has 0 spiro atoms. The molecule has 8 heteroatoms. The fourth-order valence-electron chi connectivity index (χ4n) is 3.96. The van der Waals surface area contributed by atoms with Gasteiger partial charge in [0.25, 0.3) is 0 Å². The number of nitrogen functional groups attached to an aromatic ring is 1. The van der Waals surface area contributed by atoms with E-state index in [0.717, 1.165) is 11.1 Å². The predicted molar refractivity (Wildman–Crippen MR) is 142 cm³/mol. The molecule has 0 aliphatic heterocycles. The van der Waals surface area contributed by atoms with Crippen LogP contribution in [0, 0.1) is 6.92 Å². The third-order valence-corrected chi connectivity index (χ3v) is 8.83. The first kappa shape index (κ1) is 25.5. The second-order valence-corrected chi connectivity index (χ2v) is 10.9. The van der Waals surface area contributed by atoms with E-state index in [4.69, 9.17) is 10.5 Å². The highest BCUT2D eigenvalue weighted by molar-refractivity contribution is 9.10. The van der Waals surface area contributed by atoms with Crippen LogP contribution in [0.25, 0.3) is 0 Å². The summed E-state index contributed by atoms with van der Waals surface area (Å²) in [6.07, 6.45) is 0.223. The number of benzene rings is 4. The van der Waals surface area contributed by atoms with Crippen LogP contribution in [-0.2, 0) is 22.9 Å². The molecule has 0 saturated heterocycles. The van der Waals surface area contributed by atoms with Crippen LogP contribution in [-0.4, -0.2) is 19.5 Å². The first-order valence-corrected chi connectivity index (χ1v) is 13.4. The Bertz CT molecular complexity index is 1500. The summed E-state index contributed by atoms with van der Waals surface area (Å²) >= 11 is 3.28. The van der Waals surface area contributed by atoms with E-state index < -0.39 is 15.8 Å². The first-order valence-electron chi connectivity index (χ1n) is 11.1. The fraction of sp³-hybridized carbons (Fsp3) is 0.107. The SMILES string of the molecule is Cc1c(N)c(Br)c(S(=O)(=O)c2ccc(OCc3ccccc3)cc2)c(C(=O)O)c1Cc1ccccc1. The zero-order valence-corrected chi connectivity index (χ0v) is 21.8. The Morgan fingerprint density at radius 3 is 2.03 bits per heavy atom. The number of sulfone groups is 1. The van der Waals surface area contributed by atoms with Gasteiger partial charge < -0.3 is 15.6 Å². The molecule has 0 saturated carbocycles. The number of anilines is 1. The molecule has 6 nitrogen and oxygen atoms in total. The van der Waals surface area contributed by atoms with Crippen LogP contribution in [0.2, 0.25) is 0 Å². The zero-order chi connectivity index (χ0) is 25.9. The maximum absolute atomic E-state index is 13.7. The number of hydrogen-bond donors (Lipinski definition) is 2. The van der Waals surface area contributed by atoms with Gasteiger partial charge >= 0.3 is 5.97 Å². The Morgan fingerprint density at radius 1 is 0.917 bits per heavy atom. The van der Waals surface area contributed by atoms with Gasteiger partial charge in [0.15, 0.2) is 0 Å². The normalized spacial score (nSPS) is 11.3. The van der Waals surface area contributed by atoms with Crippen molar-refractivity contribution in [1.29, 1.82) is 0 Å². The average molecular weight is 566 g/mol. The van der Waals surface area contributed by atoms with Crippen LogP contribution in [0.3, 0.4) is 0 Å². The summed E-state index contributed by atoms with van der Waals surface area (Å²) < 4.78 is 33.3. The van der Waals surface area contributed by atoms with Crippen molar-refractivity contribution >= 4 is 37.4 Å². The molecule has 0 unspecified atom stereocenters. The fourth-order valence-corrected chi connectivity index (χ4v) is 6.65. The van der Waals surface area contributed by atoms with Crippen LogP contribution in [0.1, 0.15) is 32.6 Å². The Hall–Kier alpha value is -3.62. The molecule has 0 aliphatic rings. The third-order valence-electron chi connectivity index (χ3n) is 5.91. The molecule has 36 heavy (non-hydrogen) atoms. The summed E-state index contributed by atoms with van der Waals surface area (Å²) in [5.74, 6) is -0.852. The quantitative estimate of drug-likeness (QED) is 0.252. The summed E-state index contributed by atoms with van der Waals surface area (Å²) in [5, 5.41) is 10.2. The molecular formula is C28H24BrNO5S. The highest BCUT2D eigenvalue weighted by Crippen LogP contribution is 2.40. The van der Waals surface area contributed by atoms with Gasteiger partial charge in [-0.1, -0.05) is 60.7 Å². The lowest BCUT2D eigenvalue weighted by molar-refractivity contribution is 0.0691. The molecule has 4 rings (SSSR count). The van der Waals surface area contributed by atoms with E-state index in [-0.39, 0.29) is 31.9 Å². The van der Waals surface area contributed by atoms with E-state index in [0.29, 0.717) is 23.5 Å². The molecule has 184 valence electrons. The summed E-state index contributed by atoms with van der Waals surface area (Å²) in [5.41, 5.74) is 8.87. The minimum Gasteiger partial charge on any atom is -0.489 e. The average Bonchev–Trinajstić information content (AvgIpc) is 2.88. The van der Waals surface area contributed by atoms with Crippen molar-refractivity contribution in [2.24, 2.45) is 0 Å². The van der Waals surface area contributed by atoms with Gasteiger partial charge in [0, 0.05) is 0 Å². The second-order valence-electron chi connectivity index (χ2n) is 8.25. The van der Waals surface area contributed by atoms with E-state index in [1.165, 1.54) is 12.1 Å². The van der Waals surface area contributed by atoms with E-state index >= 15 is 0 Å². The number of carboxylic acids is 1. The summed E-state index contributed by atoms with van der Waals surface area (Å²) in [6, 6.07) is 24.7. The number of carboxylic acid groups (broad SMARTS) is 1. The Balaban J connectivity index is 1.75. The van der Waals surface area contributed by atoms with Gasteiger partial charge in [0.05, 0.1) is 20.6 Å². The van der Waals surface area contributed by atoms with E-state index in [1.54, 1.807) is 19.1 Å². The second kappa shape index (κ2) is 10.6. The van der Waals surface area contributed by atoms with Crippen molar-refractivity contribution in [3.63, 3.8) is 0 Å². The third kappa shape index (κ3) is 5.15. The van der Waals surface area contributed by atoms with Gasteiger partial charge in [-0.3, -0.25) is 0 Å². The lowest BCUT2D eigenvalue weighted by Crippen LogP contribution is -2.17. The zero-order valence-electron chi connectivity index (χ0n) is 19.4. The standard InChI is InChI=1S/C28H24BrNO5S/c1-18-23(16-19-8-4-2-5-9-19)24(28(31)32)27(25(29)26(18)30)36(33,34)22-14-12-21(13-15-22)35-17-20-10-6-3-7-11-20/h2-15H,16-17,30H2,1H3,(H,31,32). The molecule has 3 N–H and O–H groups in total. The highest BCUT2D eigenvalue weighted by Gasteiger charge is 2.33. The highest BCUT2D eigenvalue weighted by atomic mass is 79.9. The van der Waals surface area contributed by atoms with Crippen LogP contribution >= 0.6 is 15.9 Å². The molecule has 0 fully saturated rings. The number of aromatic carboxylic acids is 1. The minimum atomic E-state index is -4.25. The molecule has 0 atom stereocenters. The Morgan fingerprint density at radius 2 is 1.47 bits per heavy atom. The van der Waals surface area contributed by atoms with Crippen molar-refractivity contribution < 1.29 is 23.1 Å². The van der Waals surface area contributed by atoms with Gasteiger partial charge in [-0.15, -0.1) is 0 Å². The van der Waals surface area contributed by atoms with E-state index in [2.05, 4.69) is 15.9 Å². The van der Waals surface area contributed by atoms with Gasteiger partial charge in [0.1, 0.15) is 17.3 Å². The van der Waals surface area contributed by atoms with Crippen LogP contribution in [0.5, 0.6) is 5.75 Å². The smallest absolute Gasteiger partial charge is 0.337 e. The van der Waals surface area contributed by atoms with E-state index in [9.17, 15) is 18.3 Å². The lowest BCUT2D eigenvalue weighted by atomic mass is 9.94. The van der Waals surface area contributed by atoms with Gasteiger partial charge in [-0.25, -0.2) is 13.2 Å². The predicted octanol–water partition coefficient (Wildman–Crippen LogP) is 6.04. The monoisotopic (exact) mass is 565 g/mol. The molecule has 0 radical (unpaired) electrons. The molecule has 0 heterocycles. The molecule has 4 aromatic carbocycles. The molecule has 0 aromatic heterocycles. The number of hydrogen-bond acceptors (Lipinski definition) is 5. The maximum atomic E-state index is 13.7. The molecular weight excluding hydrogens is 542 g/mol. The summed E-state index contributed by atoms with van der Waals surface area (Å²) in [6.45, 7) is 2.03. The van der Waals surface area contributed by atoms with Crippen molar-refractivity contribution in [3.05, 3.63) is 117 Å². The van der Waals surface area contributed by atoms with Gasteiger partial charge in [0.2, 0.25) is 9.84 Å². The number of halogens is 1. The molecule has 0 bridgehead atoms. The number of nitrogens with two attached hydrogens (primary N) is 1. The Kier molecular flexibility index (Phi) is 7.47. The van der Waals surface area contributed by atoms with Gasteiger partial charge in [-0.05, 0) is 75.8 Å². The maximum Gasteiger partial charge on any atom is 0.337 e. The van der Waals surface area contributed by atoms with Crippen LogP contribution < -0.4 is 10.5 Å². The largest absolute Gasteiger partial charge is 0.489 e. The summed E-state index contributed by atoms with van der Waals surface area (Å²) in [4.78, 5) is 12.0. The minimum absolute atomic E-state index is 0.0404. The lowest BCUT2D eigenvalue weighted by Gasteiger charge is -2.20. The van der Waals surface area contributed by atoms with Crippen LogP contribution in [0.15, 0.2) is 99.2 Å².